The highest BCUT2D eigenvalue weighted by Crippen LogP contribution is 2.22. The Kier molecular flexibility index (Phi) is 5.55. The normalized spacial score (nSPS) is 10.0. The lowest BCUT2D eigenvalue weighted by atomic mass is 10.2. The van der Waals surface area contributed by atoms with E-state index in [2.05, 4.69) is 28.3 Å². The Balaban J connectivity index is 2.03. The second-order valence-corrected chi connectivity index (χ2v) is 4.82. The SMILES string of the molecule is CCCCNc1nc(N)ncc1OCc1ccc(C#N)cc1. The van der Waals surface area contributed by atoms with Gasteiger partial charge in [-0.1, -0.05) is 25.5 Å². The van der Waals surface area contributed by atoms with E-state index >= 15 is 0 Å². The predicted molar refractivity (Wildman–Crippen MR) is 85.3 cm³/mol. The lowest BCUT2D eigenvalue weighted by Gasteiger charge is -2.12. The molecule has 0 atom stereocenters. The Labute approximate surface area is 130 Å². The standard InChI is InChI=1S/C16H19N5O/c1-2-3-8-19-15-14(10-20-16(18)21-15)22-11-13-6-4-12(9-17)5-7-13/h4-7,10H,2-3,8,11H2,1H3,(H3,18,19,20,21). The zero-order valence-corrected chi connectivity index (χ0v) is 12.5. The molecule has 0 aliphatic carbocycles. The van der Waals surface area contributed by atoms with Crippen molar-refractivity contribution < 1.29 is 4.74 Å². The predicted octanol–water partition coefficient (Wildman–Crippen LogP) is 2.72. The highest BCUT2D eigenvalue weighted by molar-refractivity contribution is 5.51. The molecule has 2 aromatic rings. The van der Waals surface area contributed by atoms with Gasteiger partial charge in [0.15, 0.2) is 11.6 Å². The summed E-state index contributed by atoms with van der Waals surface area (Å²) in [6, 6.07) is 9.34. The van der Waals surface area contributed by atoms with Crippen molar-refractivity contribution >= 4 is 11.8 Å². The van der Waals surface area contributed by atoms with Gasteiger partial charge in [-0.2, -0.15) is 10.2 Å². The van der Waals surface area contributed by atoms with Crippen molar-refractivity contribution in [3.8, 4) is 11.8 Å². The molecule has 0 bridgehead atoms. The Morgan fingerprint density at radius 3 is 2.77 bits per heavy atom. The molecule has 0 saturated carbocycles. The van der Waals surface area contributed by atoms with E-state index in [0.717, 1.165) is 24.9 Å². The van der Waals surface area contributed by atoms with Crippen LogP contribution < -0.4 is 15.8 Å². The third-order valence-corrected chi connectivity index (χ3v) is 3.07. The van der Waals surface area contributed by atoms with Gasteiger partial charge in [-0.25, -0.2) is 4.98 Å². The number of hydrogen-bond donors (Lipinski definition) is 2. The van der Waals surface area contributed by atoms with Gasteiger partial charge in [0.1, 0.15) is 6.61 Å². The fourth-order valence-corrected chi connectivity index (χ4v) is 1.84. The van der Waals surface area contributed by atoms with Gasteiger partial charge < -0.3 is 15.8 Å². The molecule has 0 radical (unpaired) electrons. The zero-order valence-electron chi connectivity index (χ0n) is 12.5. The summed E-state index contributed by atoms with van der Waals surface area (Å²) in [4.78, 5) is 8.14. The summed E-state index contributed by atoms with van der Waals surface area (Å²) in [7, 11) is 0. The highest BCUT2D eigenvalue weighted by atomic mass is 16.5. The molecular formula is C16H19N5O. The van der Waals surface area contributed by atoms with Crippen LogP contribution in [-0.4, -0.2) is 16.5 Å². The van der Waals surface area contributed by atoms with E-state index in [9.17, 15) is 0 Å². The molecule has 0 aliphatic heterocycles. The number of nitrogens with one attached hydrogen (secondary N) is 1. The minimum Gasteiger partial charge on any atom is -0.483 e. The molecule has 6 nitrogen and oxygen atoms in total. The van der Waals surface area contributed by atoms with Crippen LogP contribution in [0.3, 0.4) is 0 Å². The van der Waals surface area contributed by atoms with E-state index in [-0.39, 0.29) is 5.95 Å². The fraction of sp³-hybridized carbons (Fsp3) is 0.312. The molecule has 3 N–H and O–H groups in total. The number of anilines is 2. The van der Waals surface area contributed by atoms with Crippen LogP contribution in [0.2, 0.25) is 0 Å². The minimum absolute atomic E-state index is 0.213. The van der Waals surface area contributed by atoms with Gasteiger partial charge in [0, 0.05) is 6.54 Å². The summed E-state index contributed by atoms with van der Waals surface area (Å²) in [5, 5.41) is 12.0. The van der Waals surface area contributed by atoms with Gasteiger partial charge in [0.2, 0.25) is 5.95 Å². The maximum Gasteiger partial charge on any atom is 0.222 e. The first kappa shape index (κ1) is 15.6. The van der Waals surface area contributed by atoms with Crippen LogP contribution in [0.4, 0.5) is 11.8 Å². The number of nitriles is 1. The average molecular weight is 297 g/mol. The largest absolute Gasteiger partial charge is 0.483 e. The molecule has 1 aromatic carbocycles. The van der Waals surface area contributed by atoms with Crippen molar-refractivity contribution in [2.45, 2.75) is 26.4 Å². The first-order valence-corrected chi connectivity index (χ1v) is 7.21. The maximum atomic E-state index is 8.78. The molecule has 2 rings (SSSR count). The van der Waals surface area contributed by atoms with Crippen LogP contribution in [-0.2, 0) is 6.61 Å². The van der Waals surface area contributed by atoms with Crippen molar-refractivity contribution in [3.05, 3.63) is 41.6 Å². The lowest BCUT2D eigenvalue weighted by molar-refractivity contribution is 0.305. The third kappa shape index (κ3) is 4.35. The summed E-state index contributed by atoms with van der Waals surface area (Å²) < 4.78 is 5.76. The number of nitrogens with two attached hydrogens (primary N) is 1. The van der Waals surface area contributed by atoms with Crippen LogP contribution in [0.25, 0.3) is 0 Å². The number of rotatable bonds is 7. The Hall–Kier alpha value is -2.81. The van der Waals surface area contributed by atoms with Gasteiger partial charge >= 0.3 is 0 Å². The van der Waals surface area contributed by atoms with Crippen LogP contribution in [0.5, 0.6) is 5.75 Å². The smallest absolute Gasteiger partial charge is 0.222 e. The summed E-state index contributed by atoms with van der Waals surface area (Å²) in [5.74, 6) is 1.38. The quantitative estimate of drug-likeness (QED) is 0.763. The van der Waals surface area contributed by atoms with Gasteiger partial charge in [0.05, 0.1) is 17.8 Å². The van der Waals surface area contributed by atoms with Gasteiger partial charge in [-0.3, -0.25) is 0 Å². The Morgan fingerprint density at radius 2 is 2.09 bits per heavy atom. The number of nitrogen functional groups attached to an aromatic ring is 1. The minimum atomic E-state index is 0.213. The maximum absolute atomic E-state index is 8.78. The van der Waals surface area contributed by atoms with Crippen molar-refractivity contribution in [2.75, 3.05) is 17.6 Å². The van der Waals surface area contributed by atoms with Crippen LogP contribution in [0, 0.1) is 11.3 Å². The molecule has 0 aliphatic rings. The van der Waals surface area contributed by atoms with Crippen molar-refractivity contribution in [1.29, 1.82) is 5.26 Å². The second-order valence-electron chi connectivity index (χ2n) is 4.82. The molecule has 22 heavy (non-hydrogen) atoms. The van der Waals surface area contributed by atoms with Crippen molar-refractivity contribution in [2.24, 2.45) is 0 Å². The summed E-state index contributed by atoms with van der Waals surface area (Å²) in [6.07, 6.45) is 3.70. The molecule has 114 valence electrons. The van der Waals surface area contributed by atoms with E-state index in [4.69, 9.17) is 15.7 Å². The lowest BCUT2D eigenvalue weighted by Crippen LogP contribution is -2.08. The molecule has 0 amide bonds. The topological polar surface area (TPSA) is 96.8 Å². The van der Waals surface area contributed by atoms with Crippen LogP contribution in [0.15, 0.2) is 30.5 Å². The van der Waals surface area contributed by atoms with Crippen LogP contribution in [0.1, 0.15) is 30.9 Å². The van der Waals surface area contributed by atoms with E-state index in [0.29, 0.717) is 23.7 Å². The summed E-state index contributed by atoms with van der Waals surface area (Å²) in [5.41, 5.74) is 7.22. The highest BCUT2D eigenvalue weighted by Gasteiger charge is 2.07. The van der Waals surface area contributed by atoms with Crippen LogP contribution >= 0.6 is 0 Å². The van der Waals surface area contributed by atoms with Gasteiger partial charge in [-0.05, 0) is 24.1 Å². The van der Waals surface area contributed by atoms with E-state index in [1.807, 2.05) is 12.1 Å². The molecule has 1 heterocycles. The van der Waals surface area contributed by atoms with Gasteiger partial charge in [-0.15, -0.1) is 0 Å². The van der Waals surface area contributed by atoms with Gasteiger partial charge in [0.25, 0.3) is 0 Å². The molecule has 0 saturated heterocycles. The molecule has 0 fully saturated rings. The molecule has 0 unspecified atom stereocenters. The first-order chi connectivity index (χ1) is 10.7. The molecular weight excluding hydrogens is 278 g/mol. The number of nitrogens with zero attached hydrogens (tertiary/aromatic N) is 3. The van der Waals surface area contributed by atoms with Crippen molar-refractivity contribution in [3.63, 3.8) is 0 Å². The number of aromatic nitrogens is 2. The van der Waals surface area contributed by atoms with Crippen molar-refractivity contribution in [1.82, 2.24) is 9.97 Å². The van der Waals surface area contributed by atoms with E-state index < -0.39 is 0 Å². The molecule has 1 aromatic heterocycles. The Morgan fingerprint density at radius 1 is 1.32 bits per heavy atom. The third-order valence-electron chi connectivity index (χ3n) is 3.07. The number of ether oxygens (including phenoxy) is 1. The number of hydrogen-bond acceptors (Lipinski definition) is 6. The monoisotopic (exact) mass is 297 g/mol. The second kappa shape index (κ2) is 7.84. The first-order valence-electron chi connectivity index (χ1n) is 7.21. The zero-order chi connectivity index (χ0) is 15.8. The Bertz CT molecular complexity index is 649. The van der Waals surface area contributed by atoms with E-state index in [1.165, 1.54) is 0 Å². The summed E-state index contributed by atoms with van der Waals surface area (Å²) >= 11 is 0. The van der Waals surface area contributed by atoms with E-state index in [1.54, 1.807) is 18.3 Å². The molecule has 6 heteroatoms. The fourth-order valence-electron chi connectivity index (χ4n) is 1.84. The average Bonchev–Trinajstić information content (AvgIpc) is 2.55. The number of benzene rings is 1. The molecule has 0 spiro atoms. The number of unbranched alkanes of at least 4 members (excludes halogenated alkanes) is 1. The summed E-state index contributed by atoms with van der Waals surface area (Å²) in [6.45, 7) is 3.31.